The van der Waals surface area contributed by atoms with Crippen molar-refractivity contribution >= 4 is 16.6 Å². The van der Waals surface area contributed by atoms with Gasteiger partial charge in [0.1, 0.15) is 23.1 Å². The van der Waals surface area contributed by atoms with Crippen LogP contribution in [0.1, 0.15) is 38.0 Å². The molecule has 0 amide bonds. The number of H-pyrrole nitrogens is 1. The normalized spacial score (nSPS) is 14.5. The number of aromatic nitrogens is 4. The third-order valence-corrected chi connectivity index (χ3v) is 5.74. The number of rotatable bonds is 2. The van der Waals surface area contributed by atoms with Crippen LogP contribution >= 0.6 is 0 Å². The van der Waals surface area contributed by atoms with Gasteiger partial charge in [-0.05, 0) is 44.9 Å². The Morgan fingerprint density at radius 3 is 2.60 bits per heavy atom. The van der Waals surface area contributed by atoms with Crippen molar-refractivity contribution in [2.45, 2.75) is 39.7 Å². The quantitative estimate of drug-likeness (QED) is 0.467. The Hall–Kier alpha value is -3.29. The standard InChI is InChI=1S/C22H20F3N5/c1-5-11-9-26-19-13(11)6-12(23)7-14(19)17-15(24)8-16-20(18(17)25)30-10(2)28-29-21(30)22(3,4)27-16/h6-9,26-27H,5H2,1-4H3. The molecule has 154 valence electrons. The lowest BCUT2D eigenvalue weighted by Gasteiger charge is -2.34. The molecule has 0 spiro atoms. The number of anilines is 1. The summed E-state index contributed by atoms with van der Waals surface area (Å²) >= 11 is 0. The molecule has 5 nitrogen and oxygen atoms in total. The molecule has 2 aromatic heterocycles. The molecular weight excluding hydrogens is 391 g/mol. The average molecular weight is 411 g/mol. The van der Waals surface area contributed by atoms with E-state index < -0.39 is 23.0 Å². The maximum atomic E-state index is 15.9. The zero-order valence-electron chi connectivity index (χ0n) is 17.0. The van der Waals surface area contributed by atoms with Crippen LogP contribution in [0.2, 0.25) is 0 Å². The molecular formula is C22H20F3N5. The first kappa shape index (κ1) is 18.7. The SMILES string of the molecule is CCc1c[nH]c2c(-c3c(F)cc4c(c3F)-n3c(C)nnc3C(C)(C)N4)cc(F)cc12. The van der Waals surface area contributed by atoms with Gasteiger partial charge in [0.05, 0.1) is 22.3 Å². The molecule has 0 saturated heterocycles. The first-order valence-electron chi connectivity index (χ1n) is 9.76. The van der Waals surface area contributed by atoms with E-state index in [1.807, 2.05) is 20.8 Å². The smallest absolute Gasteiger partial charge is 0.162 e. The van der Waals surface area contributed by atoms with Gasteiger partial charge in [0.15, 0.2) is 11.6 Å². The van der Waals surface area contributed by atoms with E-state index in [2.05, 4.69) is 20.5 Å². The summed E-state index contributed by atoms with van der Waals surface area (Å²) in [5, 5.41) is 12.0. The van der Waals surface area contributed by atoms with E-state index in [4.69, 9.17) is 0 Å². The predicted molar refractivity (Wildman–Crippen MR) is 109 cm³/mol. The number of fused-ring (bicyclic) bond motifs is 4. The molecule has 0 radical (unpaired) electrons. The lowest BCUT2D eigenvalue weighted by atomic mass is 9.95. The van der Waals surface area contributed by atoms with Gasteiger partial charge < -0.3 is 10.3 Å². The first-order chi connectivity index (χ1) is 14.2. The summed E-state index contributed by atoms with van der Waals surface area (Å²) in [6.07, 6.45) is 2.41. The summed E-state index contributed by atoms with van der Waals surface area (Å²) in [6, 6.07) is 3.79. The monoisotopic (exact) mass is 411 g/mol. The van der Waals surface area contributed by atoms with Crippen LogP contribution in [-0.2, 0) is 12.0 Å². The summed E-state index contributed by atoms with van der Waals surface area (Å²) in [4.78, 5) is 3.06. The van der Waals surface area contributed by atoms with Crippen LogP contribution in [0.3, 0.4) is 0 Å². The number of nitrogens with one attached hydrogen (secondary N) is 2. The van der Waals surface area contributed by atoms with Gasteiger partial charge in [0.25, 0.3) is 0 Å². The fraction of sp³-hybridized carbons (Fsp3) is 0.273. The van der Waals surface area contributed by atoms with E-state index in [1.54, 1.807) is 17.7 Å². The molecule has 1 aliphatic rings. The van der Waals surface area contributed by atoms with Gasteiger partial charge >= 0.3 is 0 Å². The Kier molecular flexibility index (Phi) is 3.81. The second-order valence-electron chi connectivity index (χ2n) is 8.14. The van der Waals surface area contributed by atoms with Crippen molar-refractivity contribution in [3.63, 3.8) is 0 Å². The number of benzene rings is 2. The zero-order valence-corrected chi connectivity index (χ0v) is 17.0. The second kappa shape index (κ2) is 6.10. The van der Waals surface area contributed by atoms with Gasteiger partial charge in [0.2, 0.25) is 0 Å². The lowest BCUT2D eigenvalue weighted by Crippen LogP contribution is -2.36. The Morgan fingerprint density at radius 2 is 1.87 bits per heavy atom. The molecule has 0 atom stereocenters. The summed E-state index contributed by atoms with van der Waals surface area (Å²) < 4.78 is 47.2. The number of halogens is 3. The van der Waals surface area contributed by atoms with Crippen LogP contribution < -0.4 is 5.32 Å². The molecule has 0 saturated carbocycles. The van der Waals surface area contributed by atoms with Crippen molar-refractivity contribution in [1.29, 1.82) is 0 Å². The van der Waals surface area contributed by atoms with Gasteiger partial charge in [0, 0.05) is 23.2 Å². The highest BCUT2D eigenvalue weighted by Gasteiger charge is 2.37. The lowest BCUT2D eigenvalue weighted by molar-refractivity contribution is 0.517. The fourth-order valence-electron chi connectivity index (χ4n) is 4.34. The van der Waals surface area contributed by atoms with E-state index in [1.165, 1.54) is 12.1 Å². The third kappa shape index (κ3) is 2.42. The van der Waals surface area contributed by atoms with Crippen molar-refractivity contribution in [2.75, 3.05) is 5.32 Å². The van der Waals surface area contributed by atoms with E-state index >= 15 is 8.78 Å². The van der Waals surface area contributed by atoms with Crippen LogP contribution in [0.4, 0.5) is 18.9 Å². The number of aromatic amines is 1. The Balaban J connectivity index is 1.86. The van der Waals surface area contributed by atoms with Gasteiger partial charge in [-0.15, -0.1) is 10.2 Å². The van der Waals surface area contributed by atoms with Crippen LogP contribution in [0.25, 0.3) is 27.7 Å². The van der Waals surface area contributed by atoms with Gasteiger partial charge in [-0.2, -0.15) is 0 Å². The molecule has 0 unspecified atom stereocenters. The Labute approximate surface area is 170 Å². The summed E-state index contributed by atoms with van der Waals surface area (Å²) in [7, 11) is 0. The summed E-state index contributed by atoms with van der Waals surface area (Å²) in [5.41, 5.74) is 0.977. The Bertz CT molecular complexity index is 1330. The number of nitrogens with zero attached hydrogens (tertiary/aromatic N) is 3. The van der Waals surface area contributed by atoms with Gasteiger partial charge in [-0.3, -0.25) is 4.57 Å². The largest absolute Gasteiger partial charge is 0.371 e. The van der Waals surface area contributed by atoms with E-state index in [-0.39, 0.29) is 16.8 Å². The summed E-state index contributed by atoms with van der Waals surface area (Å²) in [5.74, 6) is -1.12. The van der Waals surface area contributed by atoms with Crippen LogP contribution in [-0.4, -0.2) is 19.7 Å². The number of hydrogen-bond donors (Lipinski definition) is 2. The molecule has 4 aromatic rings. The fourth-order valence-corrected chi connectivity index (χ4v) is 4.34. The molecule has 30 heavy (non-hydrogen) atoms. The van der Waals surface area contributed by atoms with Crippen LogP contribution in [0.5, 0.6) is 0 Å². The van der Waals surface area contributed by atoms with Crippen LogP contribution in [0, 0.1) is 24.4 Å². The second-order valence-corrected chi connectivity index (χ2v) is 8.14. The minimum Gasteiger partial charge on any atom is -0.371 e. The van der Waals surface area contributed by atoms with E-state index in [0.717, 1.165) is 11.6 Å². The summed E-state index contributed by atoms with van der Waals surface area (Å²) in [6.45, 7) is 7.38. The van der Waals surface area contributed by atoms with Crippen molar-refractivity contribution in [3.8, 4) is 16.8 Å². The molecule has 0 fully saturated rings. The maximum Gasteiger partial charge on any atom is 0.162 e. The predicted octanol–water partition coefficient (Wildman–Crippen LogP) is 5.36. The molecule has 5 rings (SSSR count). The van der Waals surface area contributed by atoms with Crippen molar-refractivity contribution < 1.29 is 13.2 Å². The number of hydrogen-bond acceptors (Lipinski definition) is 3. The highest BCUT2D eigenvalue weighted by Crippen LogP contribution is 2.43. The zero-order chi connectivity index (χ0) is 21.4. The highest BCUT2D eigenvalue weighted by molar-refractivity contribution is 5.97. The molecule has 1 aliphatic heterocycles. The molecule has 8 heteroatoms. The molecule has 0 bridgehead atoms. The van der Waals surface area contributed by atoms with Gasteiger partial charge in [-0.25, -0.2) is 13.2 Å². The number of aryl methyl sites for hydroxylation is 2. The van der Waals surface area contributed by atoms with Gasteiger partial charge in [-0.1, -0.05) is 6.92 Å². The topological polar surface area (TPSA) is 58.5 Å². The Morgan fingerprint density at radius 1 is 1.10 bits per heavy atom. The maximum absolute atomic E-state index is 15.9. The van der Waals surface area contributed by atoms with Crippen LogP contribution in [0.15, 0.2) is 24.4 Å². The molecule has 2 N–H and O–H groups in total. The first-order valence-corrected chi connectivity index (χ1v) is 9.76. The van der Waals surface area contributed by atoms with E-state index in [0.29, 0.717) is 34.7 Å². The van der Waals surface area contributed by atoms with E-state index in [9.17, 15) is 4.39 Å². The van der Waals surface area contributed by atoms with Crippen molar-refractivity contribution in [3.05, 3.63) is 59.1 Å². The highest BCUT2D eigenvalue weighted by atomic mass is 19.1. The third-order valence-electron chi connectivity index (χ3n) is 5.74. The van der Waals surface area contributed by atoms with Crippen molar-refractivity contribution in [2.24, 2.45) is 0 Å². The minimum absolute atomic E-state index is 0.128. The average Bonchev–Trinajstić information content (AvgIpc) is 3.25. The molecule has 3 heterocycles. The van der Waals surface area contributed by atoms with Crippen molar-refractivity contribution in [1.82, 2.24) is 19.7 Å². The molecule has 0 aliphatic carbocycles. The molecule has 2 aromatic carbocycles. The minimum atomic E-state index is -0.795.